The van der Waals surface area contributed by atoms with Gasteiger partial charge in [0.1, 0.15) is 6.10 Å². The molecule has 0 aromatic rings. The zero-order valence-corrected chi connectivity index (χ0v) is 8.39. The van der Waals surface area contributed by atoms with Gasteiger partial charge in [-0.25, -0.2) is 4.79 Å². The lowest BCUT2D eigenvalue weighted by atomic mass is 9.94. The van der Waals surface area contributed by atoms with Crippen LogP contribution >= 0.6 is 0 Å². The summed E-state index contributed by atoms with van der Waals surface area (Å²) in [6.07, 6.45) is 4.79. The number of carbonyl (C=O) groups excluding carboxylic acids is 1. The van der Waals surface area contributed by atoms with Crippen LogP contribution in [0, 0.1) is 5.92 Å². The van der Waals surface area contributed by atoms with Gasteiger partial charge in [0, 0.05) is 0 Å². The Balaban J connectivity index is 2.50. The van der Waals surface area contributed by atoms with Crippen molar-refractivity contribution in [3.05, 3.63) is 12.2 Å². The van der Waals surface area contributed by atoms with E-state index < -0.39 is 12.1 Å². The Morgan fingerprint density at radius 2 is 2.13 bits per heavy atom. The molecule has 1 aliphatic carbocycles. The summed E-state index contributed by atoms with van der Waals surface area (Å²) in [5.41, 5.74) is 4.90. The Labute approximate surface area is 87.9 Å². The summed E-state index contributed by atoms with van der Waals surface area (Å²) in [6, 6.07) is 0. The molecule has 0 saturated carbocycles. The van der Waals surface area contributed by atoms with Crippen molar-refractivity contribution in [1.82, 2.24) is 0 Å². The third-order valence-corrected chi connectivity index (χ3v) is 2.43. The smallest absolute Gasteiger partial charge is 0.405 e. The van der Waals surface area contributed by atoms with Gasteiger partial charge in [0.25, 0.3) is 0 Å². The van der Waals surface area contributed by atoms with Gasteiger partial charge in [-0.3, -0.25) is 4.79 Å². The number of carboxylic acid groups (broad SMARTS) is 1. The lowest BCUT2D eigenvalue weighted by Gasteiger charge is -2.17. The second-order valence-electron chi connectivity index (χ2n) is 3.61. The minimum absolute atomic E-state index is 0.308. The highest BCUT2D eigenvalue weighted by Gasteiger charge is 2.19. The van der Waals surface area contributed by atoms with Crippen molar-refractivity contribution in [3.63, 3.8) is 0 Å². The monoisotopic (exact) mass is 213 g/mol. The van der Waals surface area contributed by atoms with Crippen LogP contribution in [-0.4, -0.2) is 23.3 Å². The van der Waals surface area contributed by atoms with Gasteiger partial charge >= 0.3 is 12.1 Å². The van der Waals surface area contributed by atoms with Gasteiger partial charge in [0.05, 0.1) is 5.92 Å². The van der Waals surface area contributed by atoms with Gasteiger partial charge in [-0.1, -0.05) is 6.08 Å². The van der Waals surface area contributed by atoms with E-state index in [-0.39, 0.29) is 12.0 Å². The molecular formula is C10H15NO4. The van der Waals surface area contributed by atoms with Crippen LogP contribution in [0.3, 0.4) is 0 Å². The highest BCUT2D eigenvalue weighted by Crippen LogP contribution is 2.19. The second-order valence-corrected chi connectivity index (χ2v) is 3.61. The molecule has 15 heavy (non-hydrogen) atoms. The van der Waals surface area contributed by atoms with E-state index in [0.717, 1.165) is 6.42 Å². The highest BCUT2D eigenvalue weighted by atomic mass is 16.6. The molecule has 0 saturated heterocycles. The first-order valence-corrected chi connectivity index (χ1v) is 4.95. The van der Waals surface area contributed by atoms with Gasteiger partial charge in [-0.15, -0.1) is 0 Å². The maximum Gasteiger partial charge on any atom is 0.405 e. The van der Waals surface area contributed by atoms with Gasteiger partial charge < -0.3 is 15.6 Å². The number of aliphatic carboxylic acids is 1. The zero-order valence-electron chi connectivity index (χ0n) is 8.39. The molecule has 2 unspecified atom stereocenters. The van der Waals surface area contributed by atoms with Crippen LogP contribution in [0.1, 0.15) is 25.7 Å². The van der Waals surface area contributed by atoms with Crippen LogP contribution in [0.25, 0.3) is 0 Å². The van der Waals surface area contributed by atoms with Crippen LogP contribution in [0.4, 0.5) is 4.79 Å². The lowest BCUT2D eigenvalue weighted by Crippen LogP contribution is -2.23. The number of hydrogen-bond donors (Lipinski definition) is 2. The maximum atomic E-state index is 10.7. The largest absolute Gasteiger partial charge is 0.481 e. The minimum Gasteiger partial charge on any atom is -0.481 e. The normalized spacial score (nSPS) is 28.5. The molecule has 5 nitrogen and oxygen atoms in total. The van der Waals surface area contributed by atoms with E-state index >= 15 is 0 Å². The third kappa shape index (κ3) is 4.01. The van der Waals surface area contributed by atoms with E-state index in [1.54, 1.807) is 12.2 Å². The van der Waals surface area contributed by atoms with Crippen LogP contribution in [0.2, 0.25) is 0 Å². The van der Waals surface area contributed by atoms with Gasteiger partial charge in [-0.05, 0) is 31.8 Å². The molecule has 2 atom stereocenters. The molecule has 0 heterocycles. The first kappa shape index (κ1) is 11.6. The predicted octanol–water partition coefficient (Wildman–Crippen LogP) is 1.28. The molecule has 0 aromatic heterocycles. The number of allylic oxidation sites excluding steroid dienone is 1. The SMILES string of the molecule is NC(=O)OC1/C=C/CC(C(=O)O)CCC1. The first-order chi connectivity index (χ1) is 7.09. The molecule has 0 aliphatic heterocycles. The van der Waals surface area contributed by atoms with Crippen molar-refractivity contribution >= 4 is 12.1 Å². The van der Waals surface area contributed by atoms with Crippen molar-refractivity contribution in [3.8, 4) is 0 Å². The number of nitrogens with two attached hydrogens (primary N) is 1. The second kappa shape index (κ2) is 5.38. The maximum absolute atomic E-state index is 10.7. The predicted molar refractivity (Wildman–Crippen MR) is 53.2 cm³/mol. The Kier molecular flexibility index (Phi) is 4.15. The molecule has 0 radical (unpaired) electrons. The standard InChI is InChI=1S/C10H15NO4/c11-10(14)15-8-5-1-3-7(9(12)13)4-2-6-8/h1,5,7-8H,2-4,6H2,(H2,11,14)(H,12,13)/b5-1+. The van der Waals surface area contributed by atoms with E-state index in [0.29, 0.717) is 19.3 Å². The quantitative estimate of drug-likeness (QED) is 0.676. The summed E-state index contributed by atoms with van der Waals surface area (Å²) in [6.45, 7) is 0. The molecule has 0 aromatic carbocycles. The third-order valence-electron chi connectivity index (χ3n) is 2.43. The van der Waals surface area contributed by atoms with E-state index in [1.807, 2.05) is 0 Å². The summed E-state index contributed by atoms with van der Waals surface area (Å²) < 4.78 is 4.83. The summed E-state index contributed by atoms with van der Waals surface area (Å²) in [5, 5.41) is 8.83. The van der Waals surface area contributed by atoms with Gasteiger partial charge in [-0.2, -0.15) is 0 Å². The summed E-state index contributed by atoms with van der Waals surface area (Å²) in [7, 11) is 0. The first-order valence-electron chi connectivity index (χ1n) is 4.95. The van der Waals surface area contributed by atoms with Crippen LogP contribution in [0.5, 0.6) is 0 Å². The number of ether oxygens (including phenoxy) is 1. The van der Waals surface area contributed by atoms with Crippen LogP contribution < -0.4 is 5.73 Å². The van der Waals surface area contributed by atoms with Crippen LogP contribution in [-0.2, 0) is 9.53 Å². The highest BCUT2D eigenvalue weighted by molar-refractivity contribution is 5.70. The van der Waals surface area contributed by atoms with Gasteiger partial charge in [0.2, 0.25) is 0 Å². The fourth-order valence-corrected chi connectivity index (χ4v) is 1.65. The zero-order chi connectivity index (χ0) is 11.3. The Bertz CT molecular complexity index is 275. The summed E-state index contributed by atoms with van der Waals surface area (Å²) in [5.74, 6) is -1.09. The van der Waals surface area contributed by atoms with Crippen molar-refractivity contribution < 1.29 is 19.4 Å². The molecule has 5 heteroatoms. The topological polar surface area (TPSA) is 89.6 Å². The molecule has 0 spiro atoms. The van der Waals surface area contributed by atoms with Crippen molar-refractivity contribution in [2.75, 3.05) is 0 Å². The number of hydrogen-bond acceptors (Lipinski definition) is 3. The number of rotatable bonds is 2. The number of carboxylic acids is 1. The number of primary amides is 1. The Morgan fingerprint density at radius 1 is 1.40 bits per heavy atom. The Hall–Kier alpha value is -1.52. The minimum atomic E-state index is -0.792. The van der Waals surface area contributed by atoms with E-state index in [1.165, 1.54) is 0 Å². The average molecular weight is 213 g/mol. The fraction of sp³-hybridized carbons (Fsp3) is 0.600. The van der Waals surface area contributed by atoms with Gasteiger partial charge in [0.15, 0.2) is 0 Å². The Morgan fingerprint density at radius 3 is 2.73 bits per heavy atom. The fourth-order valence-electron chi connectivity index (χ4n) is 1.65. The summed E-state index contributed by atoms with van der Waals surface area (Å²) in [4.78, 5) is 21.2. The van der Waals surface area contributed by atoms with Crippen molar-refractivity contribution in [1.29, 1.82) is 0 Å². The number of carbonyl (C=O) groups is 2. The molecule has 1 amide bonds. The summed E-state index contributed by atoms with van der Waals surface area (Å²) >= 11 is 0. The molecule has 1 aliphatic rings. The average Bonchev–Trinajstić information content (AvgIpc) is 2.07. The van der Waals surface area contributed by atoms with E-state index in [2.05, 4.69) is 0 Å². The molecular weight excluding hydrogens is 198 g/mol. The van der Waals surface area contributed by atoms with Crippen molar-refractivity contribution in [2.45, 2.75) is 31.8 Å². The van der Waals surface area contributed by atoms with Crippen LogP contribution in [0.15, 0.2) is 12.2 Å². The molecule has 1 rings (SSSR count). The van der Waals surface area contributed by atoms with Crippen molar-refractivity contribution in [2.24, 2.45) is 11.7 Å². The molecule has 84 valence electrons. The van der Waals surface area contributed by atoms with E-state index in [9.17, 15) is 9.59 Å². The molecule has 3 N–H and O–H groups in total. The molecule has 0 bridgehead atoms. The lowest BCUT2D eigenvalue weighted by molar-refractivity contribution is -0.142. The molecule has 0 fully saturated rings. The number of amides is 1. The van der Waals surface area contributed by atoms with E-state index in [4.69, 9.17) is 15.6 Å².